The normalized spacial score (nSPS) is 9.50. The Morgan fingerprint density at radius 3 is 2.00 bits per heavy atom. The third kappa shape index (κ3) is 1.41. The Morgan fingerprint density at radius 2 is 1.70 bits per heavy atom. The second-order valence-corrected chi connectivity index (χ2v) is 2.79. The molecule has 3 heteroatoms. The number of thiol groups is 2. The highest BCUT2D eigenvalue weighted by Gasteiger charge is 2.00. The number of rotatable bonds is 1. The molecule has 0 unspecified atom stereocenters. The number of hydrogen-bond donors (Lipinski definition) is 2. The summed E-state index contributed by atoms with van der Waals surface area (Å²) in [6.45, 7) is 0. The van der Waals surface area contributed by atoms with Gasteiger partial charge in [-0.05, 0) is 12.1 Å². The van der Waals surface area contributed by atoms with Crippen LogP contribution >= 0.6 is 25.3 Å². The summed E-state index contributed by atoms with van der Waals surface area (Å²) in [5, 5.41) is 0. The Labute approximate surface area is 71.2 Å². The van der Waals surface area contributed by atoms with Crippen LogP contribution in [0.4, 0.5) is 0 Å². The first-order chi connectivity index (χ1) is 4.75. The predicted molar refractivity (Wildman–Crippen MR) is 47.5 cm³/mol. The number of para-hydroxylation sites is 1. The molecular weight excluding hydrogens is 164 g/mol. The molecule has 1 aromatic rings. The van der Waals surface area contributed by atoms with Crippen molar-refractivity contribution in [1.82, 2.24) is 0 Å². The van der Waals surface area contributed by atoms with Crippen LogP contribution in [0.15, 0.2) is 28.0 Å². The van der Waals surface area contributed by atoms with Gasteiger partial charge in [-0.1, -0.05) is 6.07 Å². The zero-order chi connectivity index (χ0) is 7.56. The van der Waals surface area contributed by atoms with Gasteiger partial charge in [-0.3, -0.25) is 0 Å². The van der Waals surface area contributed by atoms with Gasteiger partial charge >= 0.3 is 0 Å². The Bertz CT molecular complexity index is 215. The summed E-state index contributed by atoms with van der Waals surface area (Å²) in [5.74, 6) is 0.731. The summed E-state index contributed by atoms with van der Waals surface area (Å²) in [6.07, 6.45) is 0. The lowest BCUT2D eigenvalue weighted by molar-refractivity contribution is 0.395. The Morgan fingerprint density at radius 1 is 1.20 bits per heavy atom. The van der Waals surface area contributed by atoms with Crippen molar-refractivity contribution in [3.05, 3.63) is 18.2 Å². The highest BCUT2D eigenvalue weighted by Crippen LogP contribution is 2.28. The van der Waals surface area contributed by atoms with Crippen LogP contribution in [0.1, 0.15) is 0 Å². The summed E-state index contributed by atoms with van der Waals surface area (Å²) >= 11 is 8.35. The van der Waals surface area contributed by atoms with Crippen molar-refractivity contribution in [2.75, 3.05) is 7.11 Å². The van der Waals surface area contributed by atoms with Gasteiger partial charge in [0.1, 0.15) is 5.75 Å². The topological polar surface area (TPSA) is 9.23 Å². The molecule has 0 bridgehead atoms. The molecule has 0 aromatic heterocycles. The Balaban J connectivity index is 3.17. The molecule has 0 radical (unpaired) electrons. The molecular formula is C7H8OS2. The lowest BCUT2D eigenvalue weighted by atomic mass is 10.3. The fourth-order valence-electron chi connectivity index (χ4n) is 0.722. The van der Waals surface area contributed by atoms with E-state index in [0.717, 1.165) is 15.5 Å². The summed E-state index contributed by atoms with van der Waals surface area (Å²) in [4.78, 5) is 1.63. The maximum Gasteiger partial charge on any atom is 0.145 e. The molecule has 1 aromatic carbocycles. The molecule has 1 nitrogen and oxygen atoms in total. The molecule has 0 atom stereocenters. The van der Waals surface area contributed by atoms with Gasteiger partial charge in [0.25, 0.3) is 0 Å². The summed E-state index contributed by atoms with van der Waals surface area (Å²) in [6, 6.07) is 5.61. The Hall–Kier alpha value is -0.280. The minimum atomic E-state index is 0.731. The van der Waals surface area contributed by atoms with Crippen LogP contribution in [0.2, 0.25) is 0 Å². The second kappa shape index (κ2) is 3.21. The van der Waals surface area contributed by atoms with Gasteiger partial charge in [-0.25, -0.2) is 0 Å². The Kier molecular flexibility index (Phi) is 2.51. The smallest absolute Gasteiger partial charge is 0.145 e. The molecule has 0 saturated heterocycles. The van der Waals surface area contributed by atoms with E-state index in [-0.39, 0.29) is 0 Å². The van der Waals surface area contributed by atoms with E-state index in [9.17, 15) is 0 Å². The molecule has 0 N–H and O–H groups in total. The number of methoxy groups -OCH3 is 1. The fraction of sp³-hybridized carbons (Fsp3) is 0.143. The third-order valence-corrected chi connectivity index (χ3v) is 1.88. The molecule has 0 amide bonds. The molecule has 10 heavy (non-hydrogen) atoms. The SMILES string of the molecule is COc1c(S)cccc1S. The molecule has 0 spiro atoms. The molecule has 0 aliphatic rings. The summed E-state index contributed by atoms with van der Waals surface area (Å²) in [7, 11) is 1.61. The van der Waals surface area contributed by atoms with Crippen LogP contribution < -0.4 is 4.74 Å². The van der Waals surface area contributed by atoms with E-state index in [1.165, 1.54) is 0 Å². The van der Waals surface area contributed by atoms with Gasteiger partial charge in [0.05, 0.1) is 7.11 Å². The average molecular weight is 172 g/mol. The number of ether oxygens (including phenoxy) is 1. The molecule has 0 fully saturated rings. The van der Waals surface area contributed by atoms with E-state index in [2.05, 4.69) is 25.3 Å². The third-order valence-electron chi connectivity index (χ3n) is 1.18. The van der Waals surface area contributed by atoms with Gasteiger partial charge < -0.3 is 4.74 Å². The molecule has 54 valence electrons. The van der Waals surface area contributed by atoms with E-state index in [0.29, 0.717) is 0 Å². The highest BCUT2D eigenvalue weighted by molar-refractivity contribution is 7.81. The van der Waals surface area contributed by atoms with Crippen LogP contribution in [0.5, 0.6) is 5.75 Å². The van der Waals surface area contributed by atoms with Gasteiger partial charge in [-0.2, -0.15) is 0 Å². The highest BCUT2D eigenvalue weighted by atomic mass is 32.1. The quantitative estimate of drug-likeness (QED) is 0.618. The van der Waals surface area contributed by atoms with Crippen molar-refractivity contribution in [2.45, 2.75) is 9.79 Å². The van der Waals surface area contributed by atoms with E-state index >= 15 is 0 Å². The van der Waals surface area contributed by atoms with Crippen molar-refractivity contribution in [2.24, 2.45) is 0 Å². The van der Waals surface area contributed by atoms with Crippen LogP contribution in [0.25, 0.3) is 0 Å². The minimum absolute atomic E-state index is 0.731. The first kappa shape index (κ1) is 7.82. The fourth-order valence-corrected chi connectivity index (χ4v) is 1.41. The lowest BCUT2D eigenvalue weighted by Crippen LogP contribution is -1.85. The van der Waals surface area contributed by atoms with Crippen molar-refractivity contribution in [3.8, 4) is 5.75 Å². The minimum Gasteiger partial charge on any atom is -0.494 e. The van der Waals surface area contributed by atoms with Gasteiger partial charge in [0, 0.05) is 9.79 Å². The van der Waals surface area contributed by atoms with E-state index in [4.69, 9.17) is 4.74 Å². The van der Waals surface area contributed by atoms with E-state index in [1.54, 1.807) is 7.11 Å². The van der Waals surface area contributed by atoms with Gasteiger partial charge in [0.15, 0.2) is 0 Å². The second-order valence-electron chi connectivity index (χ2n) is 1.83. The van der Waals surface area contributed by atoms with E-state index in [1.807, 2.05) is 18.2 Å². The average Bonchev–Trinajstić information content (AvgIpc) is 1.88. The number of benzene rings is 1. The zero-order valence-corrected chi connectivity index (χ0v) is 7.32. The molecule has 0 heterocycles. The van der Waals surface area contributed by atoms with E-state index < -0.39 is 0 Å². The van der Waals surface area contributed by atoms with Gasteiger partial charge in [0.2, 0.25) is 0 Å². The van der Waals surface area contributed by atoms with Crippen LogP contribution in [0.3, 0.4) is 0 Å². The van der Waals surface area contributed by atoms with Crippen LogP contribution in [-0.4, -0.2) is 7.11 Å². The van der Waals surface area contributed by atoms with Crippen molar-refractivity contribution < 1.29 is 4.74 Å². The predicted octanol–water partition coefficient (Wildman–Crippen LogP) is 2.27. The van der Waals surface area contributed by atoms with Crippen molar-refractivity contribution in [1.29, 1.82) is 0 Å². The van der Waals surface area contributed by atoms with Crippen molar-refractivity contribution in [3.63, 3.8) is 0 Å². The van der Waals surface area contributed by atoms with Crippen molar-refractivity contribution >= 4 is 25.3 Å². The summed E-state index contributed by atoms with van der Waals surface area (Å²) < 4.78 is 5.02. The summed E-state index contributed by atoms with van der Waals surface area (Å²) in [5.41, 5.74) is 0. The van der Waals surface area contributed by atoms with Crippen LogP contribution in [-0.2, 0) is 0 Å². The molecule has 0 aliphatic carbocycles. The first-order valence-corrected chi connectivity index (χ1v) is 3.70. The maximum atomic E-state index is 5.02. The monoisotopic (exact) mass is 172 g/mol. The standard InChI is InChI=1S/C7H8OS2/c1-8-7-5(9)3-2-4-6(7)10/h2-4,9-10H,1H3. The maximum absolute atomic E-state index is 5.02. The number of hydrogen-bond acceptors (Lipinski definition) is 3. The largest absolute Gasteiger partial charge is 0.494 e. The molecule has 1 rings (SSSR count). The molecule has 0 saturated carbocycles. The molecule has 0 aliphatic heterocycles. The zero-order valence-electron chi connectivity index (χ0n) is 5.53. The van der Waals surface area contributed by atoms with Crippen LogP contribution in [0, 0.1) is 0 Å². The lowest BCUT2D eigenvalue weighted by Gasteiger charge is -2.04. The first-order valence-electron chi connectivity index (χ1n) is 2.80. The van der Waals surface area contributed by atoms with Gasteiger partial charge in [-0.15, -0.1) is 25.3 Å².